The number of nitrogens with zero attached hydrogens (tertiary/aromatic N) is 2. The lowest BCUT2D eigenvalue weighted by molar-refractivity contribution is 0.119. The van der Waals surface area contributed by atoms with Crippen LogP contribution >= 0.6 is 32.9 Å². The molecule has 0 aliphatic carbocycles. The van der Waals surface area contributed by atoms with Crippen LogP contribution in [0.2, 0.25) is 0 Å². The molecule has 0 radical (unpaired) electrons. The molecular weight excluding hydrogens is 360 g/mol. The minimum absolute atomic E-state index is 0.260. The van der Waals surface area contributed by atoms with Crippen LogP contribution in [-0.4, -0.2) is 59.3 Å². The van der Waals surface area contributed by atoms with Gasteiger partial charge in [0.15, 0.2) is 0 Å². The number of aliphatic hydroxyl groups is 1. The summed E-state index contributed by atoms with van der Waals surface area (Å²) in [6.45, 7) is 6.02. The number of aromatic hydroxyl groups is 1. The van der Waals surface area contributed by atoms with E-state index in [2.05, 4.69) is 15.9 Å². The van der Waals surface area contributed by atoms with Gasteiger partial charge < -0.3 is 15.1 Å². The van der Waals surface area contributed by atoms with Crippen LogP contribution in [0.3, 0.4) is 0 Å². The van der Waals surface area contributed by atoms with E-state index in [9.17, 15) is 5.11 Å². The highest BCUT2D eigenvalue weighted by Gasteiger charge is 2.18. The number of hydrogen-bond acceptors (Lipinski definition) is 7. The quantitative estimate of drug-likeness (QED) is 0.592. The zero-order valence-corrected chi connectivity index (χ0v) is 15.9. The molecule has 130 valence electrons. The Morgan fingerprint density at radius 3 is 2.46 bits per heavy atom. The van der Waals surface area contributed by atoms with E-state index in [0.717, 1.165) is 60.6 Å². The fraction of sp³-hybridized carbons (Fsp3) is 0.471. The molecule has 0 amide bonds. The zero-order valence-electron chi connectivity index (χ0n) is 13.5. The molecule has 0 saturated carbocycles. The first-order valence-corrected chi connectivity index (χ1v) is 10.7. The van der Waals surface area contributed by atoms with Crippen LogP contribution in [0.4, 0.5) is 0 Å². The lowest BCUT2D eigenvalue weighted by atomic mass is 10.1. The second-order valence-corrected chi connectivity index (χ2v) is 8.94. The number of phenols is 1. The van der Waals surface area contributed by atoms with Crippen molar-refractivity contribution in [2.45, 2.75) is 13.0 Å². The van der Waals surface area contributed by atoms with E-state index < -0.39 is 0 Å². The first-order valence-electron chi connectivity index (χ1n) is 8.14. The van der Waals surface area contributed by atoms with E-state index in [4.69, 9.17) is 17.3 Å². The number of phenolic OH excluding ortho intramolecular Hbond substituents is 1. The van der Waals surface area contributed by atoms with E-state index in [1.165, 1.54) is 4.88 Å². The molecule has 0 atom stereocenters. The largest absolute Gasteiger partial charge is 0.508 e. The Labute approximate surface area is 155 Å². The third-order valence-electron chi connectivity index (χ3n) is 4.32. The summed E-state index contributed by atoms with van der Waals surface area (Å²) in [5.41, 5.74) is 2.10. The van der Waals surface area contributed by atoms with Crippen molar-refractivity contribution in [3.05, 3.63) is 33.7 Å². The smallest absolute Gasteiger partial charge is 0.120 e. The third-order valence-corrected chi connectivity index (χ3v) is 7.23. The Hall–Kier alpha value is -0.830. The van der Waals surface area contributed by atoms with E-state index in [0.29, 0.717) is 5.75 Å². The standard InChI is InChI=1S/C17H22N2O2S3/c20-9-1-4-18-5-7-19(8-6-18)12-14-10-13(2-3-15(14)21)16-11-17(22)24-23-16/h2-3,10-11,20-21H,1,4-9,12H2. The van der Waals surface area contributed by atoms with Gasteiger partial charge in [-0.15, -0.1) is 0 Å². The Kier molecular flexibility index (Phi) is 6.37. The van der Waals surface area contributed by atoms with E-state index in [1.54, 1.807) is 26.7 Å². The van der Waals surface area contributed by atoms with Crippen LogP contribution in [0.5, 0.6) is 5.75 Å². The Morgan fingerprint density at radius 1 is 1.04 bits per heavy atom. The molecule has 1 aromatic carbocycles. The molecule has 7 heteroatoms. The number of piperazine rings is 1. The number of aliphatic hydroxyl groups excluding tert-OH is 1. The molecule has 1 aliphatic heterocycles. The zero-order chi connectivity index (χ0) is 16.9. The molecule has 1 aromatic heterocycles. The predicted octanol–water partition coefficient (Wildman–Crippen LogP) is 3.41. The van der Waals surface area contributed by atoms with Gasteiger partial charge >= 0.3 is 0 Å². The van der Waals surface area contributed by atoms with E-state index in [1.807, 2.05) is 12.1 Å². The minimum atomic E-state index is 0.260. The minimum Gasteiger partial charge on any atom is -0.508 e. The fourth-order valence-corrected chi connectivity index (χ4v) is 5.34. The Bertz CT molecular complexity index is 721. The van der Waals surface area contributed by atoms with Crippen molar-refractivity contribution >= 4 is 32.9 Å². The lowest BCUT2D eigenvalue weighted by Crippen LogP contribution is -2.46. The van der Waals surface area contributed by atoms with E-state index in [-0.39, 0.29) is 6.61 Å². The Morgan fingerprint density at radius 2 is 1.79 bits per heavy atom. The van der Waals surface area contributed by atoms with Gasteiger partial charge in [-0.2, -0.15) is 0 Å². The molecule has 1 saturated heterocycles. The van der Waals surface area contributed by atoms with Crippen LogP contribution in [0.15, 0.2) is 24.3 Å². The lowest BCUT2D eigenvalue weighted by Gasteiger charge is -2.34. The van der Waals surface area contributed by atoms with Gasteiger partial charge in [-0.1, -0.05) is 32.9 Å². The summed E-state index contributed by atoms with van der Waals surface area (Å²) in [6.07, 6.45) is 0.843. The van der Waals surface area contributed by atoms with Crippen LogP contribution < -0.4 is 0 Å². The van der Waals surface area contributed by atoms with Crippen LogP contribution in [-0.2, 0) is 6.54 Å². The van der Waals surface area contributed by atoms with Gasteiger partial charge in [-0.3, -0.25) is 4.90 Å². The monoisotopic (exact) mass is 382 g/mol. The number of hydrogen-bond donors (Lipinski definition) is 2. The average Bonchev–Trinajstić information content (AvgIpc) is 3.03. The summed E-state index contributed by atoms with van der Waals surface area (Å²) < 4.78 is 0.906. The second-order valence-electron chi connectivity index (χ2n) is 6.03. The highest BCUT2D eigenvalue weighted by Crippen LogP contribution is 2.32. The molecule has 3 rings (SSSR count). The van der Waals surface area contributed by atoms with Crippen molar-refractivity contribution in [3.63, 3.8) is 0 Å². The maximum Gasteiger partial charge on any atom is 0.120 e. The highest BCUT2D eigenvalue weighted by atomic mass is 32.9. The normalized spacial score (nSPS) is 16.5. The molecule has 2 N–H and O–H groups in total. The molecule has 0 bridgehead atoms. The first kappa shape index (κ1) is 18.0. The molecule has 0 spiro atoms. The SMILES string of the molecule is OCCCN1CCN(Cc2cc(-c3cc(=S)ss3)ccc2O)CC1. The number of rotatable bonds is 6. The number of benzene rings is 1. The highest BCUT2D eigenvalue weighted by molar-refractivity contribution is 7.80. The molecule has 1 fully saturated rings. The fourth-order valence-electron chi connectivity index (χ4n) is 2.94. The average molecular weight is 383 g/mol. The van der Waals surface area contributed by atoms with Gasteiger partial charge in [-0.25, -0.2) is 0 Å². The first-order chi connectivity index (χ1) is 11.7. The van der Waals surface area contributed by atoms with Gasteiger partial charge in [0, 0.05) is 56.3 Å². The second kappa shape index (κ2) is 8.51. The summed E-state index contributed by atoms with van der Waals surface area (Å²) in [4.78, 5) is 5.94. The summed E-state index contributed by atoms with van der Waals surface area (Å²) in [5.74, 6) is 0.361. The summed E-state index contributed by atoms with van der Waals surface area (Å²) in [5, 5.41) is 19.1. The molecule has 2 aromatic rings. The van der Waals surface area contributed by atoms with Crippen molar-refractivity contribution in [2.75, 3.05) is 39.3 Å². The predicted molar refractivity (Wildman–Crippen MR) is 104 cm³/mol. The summed E-state index contributed by atoms with van der Waals surface area (Å²) in [6, 6.07) is 7.86. The molecule has 0 unspecified atom stereocenters. The van der Waals surface area contributed by atoms with Gasteiger partial charge in [-0.05, 0) is 36.2 Å². The van der Waals surface area contributed by atoms with E-state index >= 15 is 0 Å². The topological polar surface area (TPSA) is 46.9 Å². The van der Waals surface area contributed by atoms with Crippen molar-refractivity contribution in [1.82, 2.24) is 9.80 Å². The summed E-state index contributed by atoms with van der Waals surface area (Å²) >= 11 is 5.21. The van der Waals surface area contributed by atoms with Gasteiger partial charge in [0.1, 0.15) is 9.57 Å². The molecule has 2 heterocycles. The van der Waals surface area contributed by atoms with Crippen molar-refractivity contribution in [3.8, 4) is 16.2 Å². The molecule has 4 nitrogen and oxygen atoms in total. The molecule has 1 aliphatic rings. The molecular formula is C17H22N2O2S3. The summed E-state index contributed by atoms with van der Waals surface area (Å²) in [7, 11) is 3.30. The van der Waals surface area contributed by atoms with Crippen molar-refractivity contribution in [2.24, 2.45) is 0 Å². The third kappa shape index (κ3) is 4.62. The maximum atomic E-state index is 10.2. The van der Waals surface area contributed by atoms with Crippen LogP contribution in [0.25, 0.3) is 10.4 Å². The van der Waals surface area contributed by atoms with Gasteiger partial charge in [0.2, 0.25) is 0 Å². The van der Waals surface area contributed by atoms with Crippen LogP contribution in [0, 0.1) is 3.82 Å². The van der Waals surface area contributed by atoms with Crippen LogP contribution in [0.1, 0.15) is 12.0 Å². The maximum absolute atomic E-state index is 10.2. The Balaban J connectivity index is 1.64. The van der Waals surface area contributed by atoms with Crippen molar-refractivity contribution < 1.29 is 10.2 Å². The molecule has 24 heavy (non-hydrogen) atoms. The van der Waals surface area contributed by atoms with Gasteiger partial charge in [0.25, 0.3) is 0 Å². The van der Waals surface area contributed by atoms with Gasteiger partial charge in [0.05, 0.1) is 0 Å². The van der Waals surface area contributed by atoms with Crippen molar-refractivity contribution in [1.29, 1.82) is 0 Å².